The fraction of sp³-hybridized carbons (Fsp3) is 0.500. The molecule has 0 unspecified atom stereocenters. The second kappa shape index (κ2) is 5.47. The third-order valence-electron chi connectivity index (χ3n) is 3.36. The van der Waals surface area contributed by atoms with Gasteiger partial charge in [0.1, 0.15) is 11.4 Å². The van der Waals surface area contributed by atoms with Crippen LogP contribution in [0.25, 0.3) is 0 Å². The Balaban J connectivity index is 1.93. The van der Waals surface area contributed by atoms with Crippen LogP contribution >= 0.6 is 0 Å². The van der Waals surface area contributed by atoms with Gasteiger partial charge in [-0.3, -0.25) is 4.79 Å². The van der Waals surface area contributed by atoms with Crippen LogP contribution in [0.15, 0.2) is 18.2 Å². The number of rotatable bonds is 2. The molecule has 1 amide bonds. The summed E-state index contributed by atoms with van der Waals surface area (Å²) in [6, 6.07) is 4.47. The molecule has 0 bridgehead atoms. The molecule has 0 atom stereocenters. The molecule has 1 aromatic rings. The number of nitrogens with zero attached hydrogens (tertiary/aromatic N) is 1. The number of carbonyl (C=O) groups excluding carboxylic acids is 2. The maximum atomic E-state index is 13.5. The molecule has 1 fully saturated rings. The van der Waals surface area contributed by atoms with Crippen molar-refractivity contribution in [2.45, 2.75) is 33.3 Å². The van der Waals surface area contributed by atoms with Crippen LogP contribution in [0.3, 0.4) is 0 Å². The third kappa shape index (κ3) is 3.60. The largest absolute Gasteiger partial charge is 0.444 e. The molecule has 0 spiro atoms. The average molecular weight is 293 g/mol. The van der Waals surface area contributed by atoms with Crippen LogP contribution in [0.4, 0.5) is 9.18 Å². The molecule has 1 aromatic carbocycles. The SMILES string of the molecule is Cc1ccc(C(=O)C2CN(C(=O)OC(C)(C)C)C2)cc1F. The third-order valence-corrected chi connectivity index (χ3v) is 3.36. The van der Waals surface area contributed by atoms with Crippen LogP contribution in [0.1, 0.15) is 36.7 Å². The highest BCUT2D eigenvalue weighted by Gasteiger charge is 2.38. The molecule has 2 rings (SSSR count). The van der Waals surface area contributed by atoms with Crippen LogP contribution in [0.5, 0.6) is 0 Å². The Hall–Kier alpha value is -1.91. The highest BCUT2D eigenvalue weighted by Crippen LogP contribution is 2.23. The summed E-state index contributed by atoms with van der Waals surface area (Å²) in [7, 11) is 0. The van der Waals surface area contributed by atoms with Gasteiger partial charge < -0.3 is 9.64 Å². The van der Waals surface area contributed by atoms with Crippen LogP contribution < -0.4 is 0 Å². The number of likely N-dealkylation sites (tertiary alicyclic amines) is 1. The van der Waals surface area contributed by atoms with E-state index in [9.17, 15) is 14.0 Å². The molecule has 0 saturated carbocycles. The standard InChI is InChI=1S/C16H20FNO3/c1-10-5-6-11(7-13(10)17)14(19)12-8-18(9-12)15(20)21-16(2,3)4/h5-7,12H,8-9H2,1-4H3. The maximum absolute atomic E-state index is 13.5. The van der Waals surface area contributed by atoms with E-state index in [1.807, 2.05) is 0 Å². The molecular formula is C16H20FNO3. The monoisotopic (exact) mass is 293 g/mol. The molecule has 1 heterocycles. The summed E-state index contributed by atoms with van der Waals surface area (Å²) in [6.07, 6.45) is -0.415. The molecule has 1 aliphatic rings. The average Bonchev–Trinajstić information content (AvgIpc) is 2.28. The number of Topliss-reactive ketones (excluding diaryl/α,β-unsaturated/α-hetero) is 1. The summed E-state index contributed by atoms with van der Waals surface area (Å²) >= 11 is 0. The zero-order valence-corrected chi connectivity index (χ0v) is 12.8. The minimum atomic E-state index is -0.549. The van der Waals surface area contributed by atoms with E-state index in [1.54, 1.807) is 39.8 Å². The van der Waals surface area contributed by atoms with Gasteiger partial charge in [0.15, 0.2) is 5.78 Å². The first-order valence-electron chi connectivity index (χ1n) is 6.95. The van der Waals surface area contributed by atoms with Gasteiger partial charge in [0.05, 0.1) is 5.92 Å². The highest BCUT2D eigenvalue weighted by atomic mass is 19.1. The number of halogens is 1. The van der Waals surface area contributed by atoms with E-state index < -0.39 is 11.7 Å². The minimum Gasteiger partial charge on any atom is -0.444 e. The lowest BCUT2D eigenvalue weighted by atomic mass is 9.90. The predicted molar refractivity (Wildman–Crippen MR) is 76.8 cm³/mol. The fourth-order valence-corrected chi connectivity index (χ4v) is 2.10. The minimum absolute atomic E-state index is 0.131. The number of hydrogen-bond donors (Lipinski definition) is 0. The number of aryl methyl sites for hydroxylation is 1. The Morgan fingerprint density at radius 3 is 2.43 bits per heavy atom. The van der Waals surface area contributed by atoms with E-state index in [1.165, 1.54) is 11.0 Å². The highest BCUT2D eigenvalue weighted by molar-refractivity contribution is 5.99. The van der Waals surface area contributed by atoms with Gasteiger partial charge in [-0.1, -0.05) is 12.1 Å². The smallest absolute Gasteiger partial charge is 0.410 e. The molecule has 1 aliphatic heterocycles. The Morgan fingerprint density at radius 1 is 1.29 bits per heavy atom. The second-order valence-electron chi connectivity index (χ2n) is 6.41. The van der Waals surface area contributed by atoms with Crippen molar-refractivity contribution in [2.24, 2.45) is 5.92 Å². The van der Waals surface area contributed by atoms with E-state index >= 15 is 0 Å². The quantitative estimate of drug-likeness (QED) is 0.787. The maximum Gasteiger partial charge on any atom is 0.410 e. The molecule has 4 nitrogen and oxygen atoms in total. The molecule has 114 valence electrons. The molecule has 1 saturated heterocycles. The lowest BCUT2D eigenvalue weighted by Gasteiger charge is -2.38. The Bertz CT molecular complexity index is 571. The van der Waals surface area contributed by atoms with Crippen LogP contribution in [-0.2, 0) is 4.74 Å². The molecule has 21 heavy (non-hydrogen) atoms. The van der Waals surface area contributed by atoms with Gasteiger partial charge in [-0.2, -0.15) is 0 Å². The van der Waals surface area contributed by atoms with Crippen molar-refractivity contribution in [3.8, 4) is 0 Å². The van der Waals surface area contributed by atoms with Crippen LogP contribution in [-0.4, -0.2) is 35.5 Å². The Kier molecular flexibility index (Phi) is 4.03. The van der Waals surface area contributed by atoms with Crippen LogP contribution in [0.2, 0.25) is 0 Å². The first-order chi connectivity index (χ1) is 9.67. The molecule has 5 heteroatoms. The zero-order valence-electron chi connectivity index (χ0n) is 12.8. The Morgan fingerprint density at radius 2 is 1.90 bits per heavy atom. The van der Waals surface area contributed by atoms with Crippen molar-refractivity contribution in [1.82, 2.24) is 4.90 Å². The first-order valence-corrected chi connectivity index (χ1v) is 6.95. The van der Waals surface area contributed by atoms with Crippen LogP contribution in [0, 0.1) is 18.7 Å². The second-order valence-corrected chi connectivity index (χ2v) is 6.41. The van der Waals surface area contributed by atoms with Crippen molar-refractivity contribution >= 4 is 11.9 Å². The van der Waals surface area contributed by atoms with Crippen molar-refractivity contribution in [2.75, 3.05) is 13.1 Å². The first kappa shape index (κ1) is 15.5. The van der Waals surface area contributed by atoms with E-state index in [4.69, 9.17) is 4.74 Å². The number of ketones is 1. The number of carbonyl (C=O) groups is 2. The fourth-order valence-electron chi connectivity index (χ4n) is 2.10. The lowest BCUT2D eigenvalue weighted by Crippen LogP contribution is -2.54. The van der Waals surface area contributed by atoms with Gasteiger partial charge in [0.25, 0.3) is 0 Å². The van der Waals surface area contributed by atoms with Gasteiger partial charge >= 0.3 is 6.09 Å². The van der Waals surface area contributed by atoms with Crippen molar-refractivity contribution < 1.29 is 18.7 Å². The van der Waals surface area contributed by atoms with E-state index in [0.29, 0.717) is 24.2 Å². The zero-order chi connectivity index (χ0) is 15.8. The number of amides is 1. The number of ether oxygens (including phenoxy) is 1. The summed E-state index contributed by atoms with van der Waals surface area (Å²) in [5.41, 5.74) is 0.314. The molecule has 0 N–H and O–H groups in total. The summed E-state index contributed by atoms with van der Waals surface area (Å²) in [5.74, 6) is -0.794. The Labute approximate surface area is 123 Å². The normalized spacial score (nSPS) is 15.6. The summed E-state index contributed by atoms with van der Waals surface area (Å²) in [4.78, 5) is 25.5. The van der Waals surface area contributed by atoms with Crippen molar-refractivity contribution in [1.29, 1.82) is 0 Å². The number of hydrogen-bond acceptors (Lipinski definition) is 3. The van der Waals surface area contributed by atoms with Gasteiger partial charge in [-0.25, -0.2) is 9.18 Å². The molecule has 0 aromatic heterocycles. The van der Waals surface area contributed by atoms with Gasteiger partial charge in [-0.15, -0.1) is 0 Å². The lowest BCUT2D eigenvalue weighted by molar-refractivity contribution is 0.00148. The van der Waals surface area contributed by atoms with E-state index in [2.05, 4.69) is 0 Å². The van der Waals surface area contributed by atoms with Gasteiger partial charge in [0, 0.05) is 18.7 Å². The summed E-state index contributed by atoms with van der Waals surface area (Å²) in [6.45, 7) is 7.68. The summed E-state index contributed by atoms with van der Waals surface area (Å²) < 4.78 is 18.7. The van der Waals surface area contributed by atoms with Crippen molar-refractivity contribution in [3.05, 3.63) is 35.1 Å². The topological polar surface area (TPSA) is 46.6 Å². The molecular weight excluding hydrogens is 273 g/mol. The van der Waals surface area contributed by atoms with E-state index in [0.717, 1.165) is 0 Å². The molecule has 0 aliphatic carbocycles. The number of benzene rings is 1. The van der Waals surface area contributed by atoms with Crippen molar-refractivity contribution in [3.63, 3.8) is 0 Å². The molecule has 0 radical (unpaired) electrons. The van der Waals surface area contributed by atoms with E-state index in [-0.39, 0.29) is 17.5 Å². The van der Waals surface area contributed by atoms with Gasteiger partial charge in [-0.05, 0) is 39.3 Å². The summed E-state index contributed by atoms with van der Waals surface area (Å²) in [5, 5.41) is 0. The predicted octanol–water partition coefficient (Wildman–Crippen LogP) is 3.18. The van der Waals surface area contributed by atoms with Gasteiger partial charge in [0.2, 0.25) is 0 Å².